The molecule has 2 unspecified atom stereocenters. The van der Waals surface area contributed by atoms with Gasteiger partial charge in [-0.2, -0.15) is 0 Å². The summed E-state index contributed by atoms with van der Waals surface area (Å²) in [5, 5.41) is 12.0. The van der Waals surface area contributed by atoms with E-state index in [9.17, 15) is 4.79 Å². The molecule has 2 aromatic carbocycles. The second-order valence-corrected chi connectivity index (χ2v) is 8.28. The zero-order valence-corrected chi connectivity index (χ0v) is 17.5. The Hall–Kier alpha value is -2.60. The van der Waals surface area contributed by atoms with Gasteiger partial charge in [0.2, 0.25) is 5.91 Å². The van der Waals surface area contributed by atoms with Gasteiger partial charge in [0.05, 0.1) is 10.9 Å². The number of hydrogen-bond donors (Lipinski definition) is 1. The average molecular weight is 395 g/mol. The predicted molar refractivity (Wildman–Crippen MR) is 114 cm³/mol. The van der Waals surface area contributed by atoms with Crippen LogP contribution in [-0.2, 0) is 4.79 Å². The summed E-state index contributed by atoms with van der Waals surface area (Å²) in [5.74, 6) is 1.08. The van der Waals surface area contributed by atoms with Gasteiger partial charge in [0.1, 0.15) is 5.82 Å². The molecule has 1 N–H and O–H groups in total. The number of rotatable bonds is 7. The number of thioether (sulfide) groups is 1. The number of aromatic nitrogens is 3. The van der Waals surface area contributed by atoms with Gasteiger partial charge in [0.15, 0.2) is 5.16 Å². The molecule has 3 rings (SSSR count). The standard InChI is InChI=1S/C22H26N4OS/c1-15-10-8-9-13-20(15)26-18(4)24-25-22(26)28-17(3)21(27)23-14-16(2)19-11-6-5-7-12-19/h5-13,16-17H,14H2,1-4H3,(H,23,27). The van der Waals surface area contributed by atoms with Crippen LogP contribution in [0, 0.1) is 13.8 Å². The summed E-state index contributed by atoms with van der Waals surface area (Å²) < 4.78 is 2.01. The maximum absolute atomic E-state index is 12.6. The molecule has 0 saturated heterocycles. The molecule has 1 heterocycles. The molecule has 3 aromatic rings. The fraction of sp³-hybridized carbons (Fsp3) is 0.318. The summed E-state index contributed by atoms with van der Waals surface area (Å²) in [6.07, 6.45) is 0. The summed E-state index contributed by atoms with van der Waals surface area (Å²) in [6.45, 7) is 8.61. The molecule has 0 aliphatic carbocycles. The number of nitrogens with one attached hydrogen (secondary N) is 1. The lowest BCUT2D eigenvalue weighted by molar-refractivity contribution is -0.120. The molecule has 146 valence electrons. The van der Waals surface area contributed by atoms with E-state index in [1.165, 1.54) is 17.3 Å². The Balaban J connectivity index is 1.66. The molecule has 0 aliphatic rings. The first-order valence-corrected chi connectivity index (χ1v) is 10.3. The van der Waals surface area contributed by atoms with Crippen LogP contribution in [0.5, 0.6) is 0 Å². The van der Waals surface area contributed by atoms with Gasteiger partial charge in [-0.3, -0.25) is 9.36 Å². The van der Waals surface area contributed by atoms with E-state index in [1.54, 1.807) is 0 Å². The molecular formula is C22H26N4OS. The lowest BCUT2D eigenvalue weighted by Gasteiger charge is -2.16. The number of carbonyl (C=O) groups excluding carboxylic acids is 1. The van der Waals surface area contributed by atoms with E-state index in [2.05, 4.69) is 47.6 Å². The quantitative estimate of drug-likeness (QED) is 0.608. The summed E-state index contributed by atoms with van der Waals surface area (Å²) >= 11 is 1.43. The topological polar surface area (TPSA) is 59.8 Å². The third kappa shape index (κ3) is 4.62. The maximum atomic E-state index is 12.6. The van der Waals surface area contributed by atoms with Crippen LogP contribution in [0.2, 0.25) is 0 Å². The van der Waals surface area contributed by atoms with Crippen LogP contribution >= 0.6 is 11.8 Å². The fourth-order valence-corrected chi connectivity index (χ4v) is 3.95. The largest absolute Gasteiger partial charge is 0.355 e. The number of benzene rings is 2. The molecule has 28 heavy (non-hydrogen) atoms. The molecule has 1 amide bonds. The van der Waals surface area contributed by atoms with Crippen molar-refractivity contribution in [2.45, 2.75) is 44.0 Å². The molecule has 0 fully saturated rings. The molecule has 0 saturated carbocycles. The summed E-state index contributed by atoms with van der Waals surface area (Å²) in [6, 6.07) is 18.3. The maximum Gasteiger partial charge on any atom is 0.233 e. The zero-order chi connectivity index (χ0) is 20.1. The Morgan fingerprint density at radius 1 is 1.04 bits per heavy atom. The number of carbonyl (C=O) groups is 1. The van der Waals surface area contributed by atoms with E-state index >= 15 is 0 Å². The first-order valence-electron chi connectivity index (χ1n) is 9.44. The summed E-state index contributed by atoms with van der Waals surface area (Å²) in [5.41, 5.74) is 3.40. The van der Waals surface area contributed by atoms with E-state index in [0.717, 1.165) is 22.2 Å². The minimum Gasteiger partial charge on any atom is -0.355 e. The highest BCUT2D eigenvalue weighted by molar-refractivity contribution is 8.00. The fourth-order valence-electron chi connectivity index (χ4n) is 3.02. The van der Waals surface area contributed by atoms with E-state index in [1.807, 2.05) is 54.8 Å². The summed E-state index contributed by atoms with van der Waals surface area (Å²) in [4.78, 5) is 12.6. The van der Waals surface area contributed by atoms with Gasteiger partial charge in [0, 0.05) is 6.54 Å². The number of nitrogens with zero attached hydrogens (tertiary/aromatic N) is 3. The van der Waals surface area contributed by atoms with Gasteiger partial charge in [-0.1, -0.05) is 67.2 Å². The summed E-state index contributed by atoms with van der Waals surface area (Å²) in [7, 11) is 0. The molecule has 1 aromatic heterocycles. The second kappa shape index (κ2) is 9.06. The van der Waals surface area contributed by atoms with E-state index < -0.39 is 0 Å². The third-order valence-electron chi connectivity index (χ3n) is 4.75. The molecule has 0 spiro atoms. The molecule has 6 heteroatoms. The van der Waals surface area contributed by atoms with Crippen molar-refractivity contribution in [3.63, 3.8) is 0 Å². The van der Waals surface area contributed by atoms with Crippen LogP contribution in [0.4, 0.5) is 0 Å². The van der Waals surface area contributed by atoms with Crippen molar-refractivity contribution >= 4 is 17.7 Å². The van der Waals surface area contributed by atoms with Crippen molar-refractivity contribution in [2.75, 3.05) is 6.54 Å². The predicted octanol–water partition coefficient (Wildman–Crippen LogP) is 4.28. The Kier molecular flexibility index (Phi) is 6.52. The monoisotopic (exact) mass is 394 g/mol. The van der Waals surface area contributed by atoms with Crippen molar-refractivity contribution in [3.8, 4) is 5.69 Å². The van der Waals surface area contributed by atoms with Gasteiger partial charge in [-0.15, -0.1) is 10.2 Å². The normalized spacial score (nSPS) is 13.1. The molecule has 2 atom stereocenters. The lowest BCUT2D eigenvalue weighted by Crippen LogP contribution is -2.33. The highest BCUT2D eigenvalue weighted by Crippen LogP contribution is 2.27. The number of aryl methyl sites for hydroxylation is 2. The SMILES string of the molecule is Cc1ccccc1-n1c(C)nnc1SC(C)C(=O)NCC(C)c1ccccc1. The van der Waals surface area contributed by atoms with Crippen molar-refractivity contribution in [1.82, 2.24) is 20.1 Å². The van der Waals surface area contributed by atoms with Gasteiger partial charge < -0.3 is 5.32 Å². The Morgan fingerprint density at radius 2 is 1.71 bits per heavy atom. The Morgan fingerprint density at radius 3 is 2.43 bits per heavy atom. The van der Waals surface area contributed by atoms with Crippen LogP contribution in [0.3, 0.4) is 0 Å². The van der Waals surface area contributed by atoms with Crippen LogP contribution in [0.25, 0.3) is 5.69 Å². The Labute approximate surface area is 170 Å². The van der Waals surface area contributed by atoms with Gasteiger partial charge >= 0.3 is 0 Å². The third-order valence-corrected chi connectivity index (χ3v) is 5.80. The van der Waals surface area contributed by atoms with Crippen LogP contribution in [0.15, 0.2) is 59.8 Å². The molecule has 0 bridgehead atoms. The minimum atomic E-state index is -0.269. The van der Waals surface area contributed by atoms with Gasteiger partial charge in [-0.05, 0) is 43.9 Å². The highest BCUT2D eigenvalue weighted by Gasteiger charge is 2.21. The minimum absolute atomic E-state index is 0.00441. The van der Waals surface area contributed by atoms with Gasteiger partial charge in [-0.25, -0.2) is 0 Å². The molecule has 5 nitrogen and oxygen atoms in total. The lowest BCUT2D eigenvalue weighted by atomic mass is 10.0. The first-order chi connectivity index (χ1) is 13.5. The highest BCUT2D eigenvalue weighted by atomic mass is 32.2. The van der Waals surface area contributed by atoms with Gasteiger partial charge in [0.25, 0.3) is 0 Å². The second-order valence-electron chi connectivity index (χ2n) is 6.97. The van der Waals surface area contributed by atoms with E-state index in [-0.39, 0.29) is 17.1 Å². The van der Waals surface area contributed by atoms with Crippen LogP contribution < -0.4 is 5.32 Å². The molecule has 0 radical (unpaired) electrons. The van der Waals surface area contributed by atoms with Crippen molar-refractivity contribution in [3.05, 3.63) is 71.5 Å². The average Bonchev–Trinajstić information content (AvgIpc) is 3.06. The Bertz CT molecular complexity index is 939. The van der Waals surface area contributed by atoms with Crippen molar-refractivity contribution in [1.29, 1.82) is 0 Å². The van der Waals surface area contributed by atoms with Crippen molar-refractivity contribution < 1.29 is 4.79 Å². The number of hydrogen-bond acceptors (Lipinski definition) is 4. The first kappa shape index (κ1) is 20.1. The zero-order valence-electron chi connectivity index (χ0n) is 16.7. The molecular weight excluding hydrogens is 368 g/mol. The number of para-hydroxylation sites is 1. The van der Waals surface area contributed by atoms with Crippen LogP contribution in [0.1, 0.15) is 36.7 Å². The van der Waals surface area contributed by atoms with E-state index in [0.29, 0.717) is 6.54 Å². The van der Waals surface area contributed by atoms with E-state index in [4.69, 9.17) is 0 Å². The number of amides is 1. The van der Waals surface area contributed by atoms with Crippen molar-refractivity contribution in [2.24, 2.45) is 0 Å². The smallest absolute Gasteiger partial charge is 0.233 e. The van der Waals surface area contributed by atoms with Crippen LogP contribution in [-0.4, -0.2) is 32.5 Å². The molecule has 0 aliphatic heterocycles.